The molecule has 2 atom stereocenters. The van der Waals surface area contributed by atoms with Crippen LogP contribution in [0, 0.1) is 5.41 Å². The summed E-state index contributed by atoms with van der Waals surface area (Å²) in [6, 6.07) is 0. The van der Waals surface area contributed by atoms with Crippen LogP contribution in [0.1, 0.15) is 57.8 Å². The van der Waals surface area contributed by atoms with E-state index in [1.54, 1.807) is 0 Å². The van der Waals surface area contributed by atoms with Gasteiger partial charge in [0.05, 0.1) is 23.7 Å². The number of rotatable bonds is 3. The molecule has 2 saturated heterocycles. The van der Waals surface area contributed by atoms with Crippen molar-refractivity contribution >= 4 is 5.97 Å². The third-order valence-corrected chi connectivity index (χ3v) is 5.25. The van der Waals surface area contributed by atoms with Crippen molar-refractivity contribution in [2.24, 2.45) is 5.41 Å². The zero-order valence-electron chi connectivity index (χ0n) is 11.5. The number of ether oxygens (including phenoxy) is 2. The molecule has 108 valence electrons. The van der Waals surface area contributed by atoms with Gasteiger partial charge in [0.2, 0.25) is 0 Å². The number of aliphatic carboxylic acids is 1. The zero-order chi connectivity index (χ0) is 13.3. The van der Waals surface area contributed by atoms with Crippen LogP contribution in [0.5, 0.6) is 0 Å². The first-order valence-corrected chi connectivity index (χ1v) is 7.63. The first-order valence-electron chi connectivity index (χ1n) is 7.63. The summed E-state index contributed by atoms with van der Waals surface area (Å²) in [4.78, 5) is 11.6. The Morgan fingerprint density at radius 1 is 1.16 bits per heavy atom. The summed E-state index contributed by atoms with van der Waals surface area (Å²) in [5.74, 6) is -0.705. The molecular formula is C15H24O4. The van der Waals surface area contributed by atoms with Gasteiger partial charge in [0.1, 0.15) is 0 Å². The topological polar surface area (TPSA) is 55.8 Å². The molecule has 0 radical (unpaired) electrons. The smallest absolute Gasteiger partial charge is 0.312 e. The van der Waals surface area contributed by atoms with E-state index in [-0.39, 0.29) is 11.7 Å². The molecule has 4 heteroatoms. The number of carboxylic acids is 1. The van der Waals surface area contributed by atoms with Gasteiger partial charge in [0.25, 0.3) is 0 Å². The van der Waals surface area contributed by atoms with Crippen LogP contribution >= 0.6 is 0 Å². The Labute approximate surface area is 114 Å². The van der Waals surface area contributed by atoms with E-state index in [2.05, 4.69) is 0 Å². The SMILES string of the molecule is O=C(O)C1(CC2CCC3(CCCC3)O2)CCCOC1. The highest BCUT2D eigenvalue weighted by atomic mass is 16.5. The first kappa shape index (κ1) is 13.4. The maximum Gasteiger partial charge on any atom is 0.312 e. The second-order valence-corrected chi connectivity index (χ2v) is 6.61. The van der Waals surface area contributed by atoms with Gasteiger partial charge in [-0.3, -0.25) is 4.79 Å². The van der Waals surface area contributed by atoms with E-state index in [0.717, 1.165) is 25.7 Å². The molecule has 19 heavy (non-hydrogen) atoms. The summed E-state index contributed by atoms with van der Waals surface area (Å²) in [5.41, 5.74) is -0.604. The van der Waals surface area contributed by atoms with E-state index in [1.807, 2.05) is 0 Å². The van der Waals surface area contributed by atoms with Crippen molar-refractivity contribution in [3.05, 3.63) is 0 Å². The van der Waals surface area contributed by atoms with Crippen LogP contribution in [0.4, 0.5) is 0 Å². The van der Waals surface area contributed by atoms with E-state index >= 15 is 0 Å². The van der Waals surface area contributed by atoms with Crippen LogP contribution in [0.25, 0.3) is 0 Å². The molecule has 4 nitrogen and oxygen atoms in total. The molecule has 0 aromatic carbocycles. The minimum atomic E-state index is -0.705. The highest BCUT2D eigenvalue weighted by Gasteiger charge is 2.48. The van der Waals surface area contributed by atoms with Gasteiger partial charge in [-0.15, -0.1) is 0 Å². The molecule has 0 bridgehead atoms. The van der Waals surface area contributed by atoms with E-state index in [0.29, 0.717) is 19.6 Å². The van der Waals surface area contributed by atoms with Crippen LogP contribution in [0.15, 0.2) is 0 Å². The monoisotopic (exact) mass is 268 g/mol. The molecule has 1 spiro atoms. The lowest BCUT2D eigenvalue weighted by atomic mass is 9.77. The van der Waals surface area contributed by atoms with Crippen LogP contribution in [0.3, 0.4) is 0 Å². The van der Waals surface area contributed by atoms with Gasteiger partial charge in [-0.05, 0) is 44.9 Å². The average molecular weight is 268 g/mol. The Hall–Kier alpha value is -0.610. The van der Waals surface area contributed by atoms with Crippen molar-refractivity contribution in [2.45, 2.75) is 69.5 Å². The van der Waals surface area contributed by atoms with E-state index in [1.165, 1.54) is 25.7 Å². The van der Waals surface area contributed by atoms with Crippen molar-refractivity contribution in [1.82, 2.24) is 0 Å². The molecule has 1 saturated carbocycles. The Kier molecular flexibility index (Phi) is 3.56. The Morgan fingerprint density at radius 3 is 2.58 bits per heavy atom. The normalized spacial score (nSPS) is 37.8. The Morgan fingerprint density at radius 2 is 1.95 bits per heavy atom. The minimum Gasteiger partial charge on any atom is -0.481 e. The third kappa shape index (κ3) is 2.52. The highest BCUT2D eigenvalue weighted by Crippen LogP contribution is 2.46. The summed E-state index contributed by atoms with van der Waals surface area (Å²) in [7, 11) is 0. The van der Waals surface area contributed by atoms with Crippen molar-refractivity contribution in [3.63, 3.8) is 0 Å². The lowest BCUT2D eigenvalue weighted by molar-refractivity contribution is -0.162. The average Bonchev–Trinajstić information content (AvgIpc) is 3.01. The highest BCUT2D eigenvalue weighted by molar-refractivity contribution is 5.75. The number of carboxylic acid groups (broad SMARTS) is 1. The molecular weight excluding hydrogens is 244 g/mol. The summed E-state index contributed by atoms with van der Waals surface area (Å²) in [5, 5.41) is 9.57. The molecule has 0 aromatic heterocycles. The predicted molar refractivity (Wildman–Crippen MR) is 70.0 cm³/mol. The van der Waals surface area contributed by atoms with Crippen molar-refractivity contribution in [2.75, 3.05) is 13.2 Å². The fraction of sp³-hybridized carbons (Fsp3) is 0.933. The molecule has 3 aliphatic rings. The number of hydrogen-bond donors (Lipinski definition) is 1. The lowest BCUT2D eigenvalue weighted by Gasteiger charge is -2.35. The Bertz CT molecular complexity index is 340. The van der Waals surface area contributed by atoms with Gasteiger partial charge < -0.3 is 14.6 Å². The van der Waals surface area contributed by atoms with Crippen LogP contribution < -0.4 is 0 Å². The van der Waals surface area contributed by atoms with Gasteiger partial charge >= 0.3 is 5.97 Å². The zero-order valence-corrected chi connectivity index (χ0v) is 11.5. The molecule has 0 aromatic rings. The predicted octanol–water partition coefficient (Wildman–Crippen LogP) is 2.75. The van der Waals surface area contributed by atoms with Gasteiger partial charge in [-0.1, -0.05) is 12.8 Å². The van der Waals surface area contributed by atoms with Gasteiger partial charge in [-0.25, -0.2) is 0 Å². The molecule has 2 aliphatic heterocycles. The molecule has 2 unspecified atom stereocenters. The van der Waals surface area contributed by atoms with E-state index < -0.39 is 11.4 Å². The number of carbonyl (C=O) groups is 1. The van der Waals surface area contributed by atoms with Gasteiger partial charge in [0, 0.05) is 6.61 Å². The standard InChI is InChI=1S/C15H24O4/c16-13(17)14(5-3-9-18-11-14)10-12-4-8-15(19-12)6-1-2-7-15/h12H,1-11H2,(H,16,17). The first-order chi connectivity index (χ1) is 9.14. The summed E-state index contributed by atoms with van der Waals surface area (Å²) in [6.45, 7) is 1.06. The van der Waals surface area contributed by atoms with Crippen LogP contribution in [-0.4, -0.2) is 36.0 Å². The minimum absolute atomic E-state index is 0.0971. The van der Waals surface area contributed by atoms with Crippen molar-refractivity contribution < 1.29 is 19.4 Å². The summed E-state index contributed by atoms with van der Waals surface area (Å²) < 4.78 is 11.7. The van der Waals surface area contributed by atoms with Crippen molar-refractivity contribution in [3.8, 4) is 0 Å². The fourth-order valence-corrected chi connectivity index (χ4v) is 4.13. The molecule has 1 aliphatic carbocycles. The summed E-state index contributed by atoms with van der Waals surface area (Å²) in [6.07, 6.45) is 9.34. The van der Waals surface area contributed by atoms with Gasteiger partial charge in [-0.2, -0.15) is 0 Å². The largest absolute Gasteiger partial charge is 0.481 e. The molecule has 2 heterocycles. The molecule has 0 amide bonds. The van der Waals surface area contributed by atoms with E-state index in [9.17, 15) is 9.90 Å². The summed E-state index contributed by atoms with van der Waals surface area (Å²) >= 11 is 0. The quantitative estimate of drug-likeness (QED) is 0.855. The molecule has 3 rings (SSSR count). The van der Waals surface area contributed by atoms with Gasteiger partial charge in [0.15, 0.2) is 0 Å². The molecule has 1 N–H and O–H groups in total. The third-order valence-electron chi connectivity index (χ3n) is 5.25. The van der Waals surface area contributed by atoms with E-state index in [4.69, 9.17) is 9.47 Å². The lowest BCUT2D eigenvalue weighted by Crippen LogP contribution is -2.42. The van der Waals surface area contributed by atoms with Crippen LogP contribution in [0.2, 0.25) is 0 Å². The second-order valence-electron chi connectivity index (χ2n) is 6.61. The molecule has 3 fully saturated rings. The fourth-order valence-electron chi connectivity index (χ4n) is 4.13. The second kappa shape index (κ2) is 5.06. The maximum atomic E-state index is 11.6. The Balaban J connectivity index is 1.65. The maximum absolute atomic E-state index is 11.6. The van der Waals surface area contributed by atoms with Crippen molar-refractivity contribution in [1.29, 1.82) is 0 Å². The number of hydrogen-bond acceptors (Lipinski definition) is 3. The van der Waals surface area contributed by atoms with Crippen LogP contribution in [-0.2, 0) is 14.3 Å².